The van der Waals surface area contributed by atoms with Gasteiger partial charge < -0.3 is 0 Å². The largest absolute Gasteiger partial charge is 0.272 e. The highest BCUT2D eigenvalue weighted by molar-refractivity contribution is 7.90. The second kappa shape index (κ2) is 3.05. The molecule has 2 rings (SSSR count). The summed E-state index contributed by atoms with van der Waals surface area (Å²) in [5, 5.41) is 7.49. The van der Waals surface area contributed by atoms with Crippen LogP contribution in [-0.4, -0.2) is 28.1 Å². The lowest BCUT2D eigenvalue weighted by molar-refractivity contribution is 0.565. The van der Waals surface area contributed by atoms with E-state index in [1.54, 1.807) is 0 Å². The number of hydrogen-bond donors (Lipinski definition) is 0. The van der Waals surface area contributed by atoms with E-state index in [-0.39, 0.29) is 11.2 Å². The average Bonchev–Trinajstić information content (AvgIpc) is 2.82. The monoisotopic (exact) mass is 215 g/mol. The zero-order valence-electron chi connectivity index (χ0n) is 8.21. The molecule has 1 aromatic heterocycles. The van der Waals surface area contributed by atoms with E-state index in [1.165, 1.54) is 6.20 Å². The van der Waals surface area contributed by atoms with Crippen LogP contribution in [-0.2, 0) is 10.0 Å². The van der Waals surface area contributed by atoms with Gasteiger partial charge in [-0.3, -0.25) is 0 Å². The number of aromatic nitrogens is 3. The van der Waals surface area contributed by atoms with Gasteiger partial charge in [-0.05, 0) is 18.8 Å². The van der Waals surface area contributed by atoms with Crippen molar-refractivity contribution in [1.29, 1.82) is 0 Å². The van der Waals surface area contributed by atoms with Crippen molar-refractivity contribution in [3.05, 3.63) is 11.9 Å². The molecule has 0 saturated heterocycles. The number of hydrogen-bond acceptors (Lipinski definition) is 4. The van der Waals surface area contributed by atoms with Gasteiger partial charge in [-0.1, -0.05) is 18.0 Å². The van der Waals surface area contributed by atoms with E-state index >= 15 is 0 Å². The van der Waals surface area contributed by atoms with Crippen molar-refractivity contribution in [1.82, 2.24) is 14.4 Å². The van der Waals surface area contributed by atoms with Crippen LogP contribution in [0.4, 0.5) is 0 Å². The fraction of sp³-hybridized carbons (Fsp3) is 0.750. The van der Waals surface area contributed by atoms with Gasteiger partial charge in [0.25, 0.3) is 10.0 Å². The van der Waals surface area contributed by atoms with E-state index in [9.17, 15) is 8.42 Å². The lowest BCUT2D eigenvalue weighted by Crippen LogP contribution is -2.20. The molecule has 78 valence electrons. The molecule has 0 radical (unpaired) electrons. The topological polar surface area (TPSA) is 64.8 Å². The summed E-state index contributed by atoms with van der Waals surface area (Å²) in [6.07, 6.45) is 2.99. The molecular formula is C8H13N3O2S. The second-order valence-electron chi connectivity index (χ2n) is 3.89. The molecule has 5 nitrogen and oxygen atoms in total. The molecule has 0 amide bonds. The Labute approximate surface area is 83.2 Å². The van der Waals surface area contributed by atoms with Gasteiger partial charge in [0.1, 0.15) is 0 Å². The zero-order valence-corrected chi connectivity index (χ0v) is 9.03. The first-order valence-electron chi connectivity index (χ1n) is 4.68. The quantitative estimate of drug-likeness (QED) is 0.746. The molecule has 1 fully saturated rings. The molecule has 0 bridgehead atoms. The lowest BCUT2D eigenvalue weighted by atomic mass is 10.2. The highest BCUT2D eigenvalue weighted by Gasteiger charge is 2.38. The van der Waals surface area contributed by atoms with Gasteiger partial charge >= 0.3 is 0 Å². The van der Waals surface area contributed by atoms with Gasteiger partial charge in [0.05, 0.1) is 17.1 Å². The molecule has 0 spiro atoms. The summed E-state index contributed by atoms with van der Waals surface area (Å²) in [7, 11) is -3.28. The van der Waals surface area contributed by atoms with Crippen LogP contribution < -0.4 is 0 Å². The third-order valence-electron chi connectivity index (χ3n) is 2.25. The molecule has 1 aliphatic rings. The van der Waals surface area contributed by atoms with E-state index in [0.717, 1.165) is 17.0 Å². The molecule has 1 aliphatic carbocycles. The van der Waals surface area contributed by atoms with Crippen LogP contribution in [0.1, 0.15) is 38.3 Å². The predicted octanol–water partition coefficient (Wildman–Crippen LogP) is 0.742. The maximum absolute atomic E-state index is 11.7. The van der Waals surface area contributed by atoms with Crippen LogP contribution in [0.2, 0.25) is 0 Å². The van der Waals surface area contributed by atoms with Crippen molar-refractivity contribution < 1.29 is 8.42 Å². The lowest BCUT2D eigenvalue weighted by Gasteiger charge is -1.99. The maximum Gasteiger partial charge on any atom is 0.272 e. The van der Waals surface area contributed by atoms with Gasteiger partial charge in [0.2, 0.25) is 0 Å². The summed E-state index contributed by atoms with van der Waals surface area (Å²) in [6.45, 7) is 3.91. The van der Waals surface area contributed by atoms with Crippen LogP contribution in [0.3, 0.4) is 0 Å². The minimum atomic E-state index is -3.28. The summed E-state index contributed by atoms with van der Waals surface area (Å²) < 4.78 is 24.2. The van der Waals surface area contributed by atoms with E-state index in [4.69, 9.17) is 0 Å². The Balaban J connectivity index is 2.33. The second-order valence-corrected chi connectivity index (χ2v) is 5.91. The van der Waals surface area contributed by atoms with Crippen LogP contribution in [0.25, 0.3) is 0 Å². The minimum absolute atomic E-state index is 0.207. The standard InChI is InChI=1S/C8H13N3O2S/c1-6(2)8-5-9-11(10-8)14(12,13)7-3-4-7/h5-7H,3-4H2,1-2H3. The van der Waals surface area contributed by atoms with Crippen molar-refractivity contribution in [3.8, 4) is 0 Å². The number of rotatable bonds is 3. The molecule has 1 aromatic rings. The van der Waals surface area contributed by atoms with E-state index < -0.39 is 10.0 Å². The van der Waals surface area contributed by atoms with E-state index in [2.05, 4.69) is 10.2 Å². The molecule has 1 saturated carbocycles. The molecule has 0 unspecified atom stereocenters. The smallest absolute Gasteiger partial charge is 0.203 e. The number of nitrogens with zero attached hydrogens (tertiary/aromatic N) is 3. The van der Waals surface area contributed by atoms with Gasteiger partial charge in [-0.25, -0.2) is 8.42 Å². The Kier molecular flexibility index (Phi) is 2.10. The highest BCUT2D eigenvalue weighted by atomic mass is 32.2. The van der Waals surface area contributed by atoms with Crippen molar-refractivity contribution in [3.63, 3.8) is 0 Å². The molecule has 14 heavy (non-hydrogen) atoms. The van der Waals surface area contributed by atoms with Crippen molar-refractivity contribution >= 4 is 10.0 Å². The van der Waals surface area contributed by atoms with Gasteiger partial charge in [-0.15, -0.1) is 10.2 Å². The molecule has 0 atom stereocenters. The van der Waals surface area contributed by atoms with Crippen LogP contribution in [0, 0.1) is 0 Å². The van der Waals surface area contributed by atoms with Crippen LogP contribution in [0.15, 0.2) is 6.20 Å². The van der Waals surface area contributed by atoms with Crippen LogP contribution in [0.5, 0.6) is 0 Å². The van der Waals surface area contributed by atoms with Gasteiger partial charge in [0.15, 0.2) is 0 Å². The Morgan fingerprint density at radius 3 is 2.57 bits per heavy atom. The first-order chi connectivity index (χ1) is 6.51. The summed E-state index contributed by atoms with van der Waals surface area (Å²) in [6, 6.07) is 0. The SMILES string of the molecule is CC(C)c1cnn(S(=O)(=O)C2CC2)n1. The van der Waals surface area contributed by atoms with E-state index in [1.807, 2.05) is 13.8 Å². The first-order valence-corrected chi connectivity index (χ1v) is 6.19. The Morgan fingerprint density at radius 2 is 2.14 bits per heavy atom. The Bertz CT molecular complexity index is 431. The molecule has 0 aromatic carbocycles. The fourth-order valence-corrected chi connectivity index (χ4v) is 2.53. The summed E-state index contributed by atoms with van der Waals surface area (Å²) in [4.78, 5) is 0. The summed E-state index contributed by atoms with van der Waals surface area (Å²) >= 11 is 0. The Morgan fingerprint density at radius 1 is 1.50 bits per heavy atom. The molecule has 6 heteroatoms. The maximum atomic E-state index is 11.7. The van der Waals surface area contributed by atoms with Gasteiger partial charge in [0, 0.05) is 0 Å². The third-order valence-corrected chi connectivity index (χ3v) is 4.20. The third kappa shape index (κ3) is 1.54. The van der Waals surface area contributed by atoms with E-state index in [0.29, 0.717) is 5.69 Å². The molecular weight excluding hydrogens is 202 g/mol. The van der Waals surface area contributed by atoms with Crippen molar-refractivity contribution in [2.24, 2.45) is 0 Å². The molecule has 1 heterocycles. The Hall–Kier alpha value is -0.910. The van der Waals surface area contributed by atoms with Crippen molar-refractivity contribution in [2.75, 3.05) is 0 Å². The van der Waals surface area contributed by atoms with Crippen LogP contribution >= 0.6 is 0 Å². The summed E-state index contributed by atoms with van der Waals surface area (Å²) in [5.41, 5.74) is 0.717. The molecule has 0 aliphatic heterocycles. The first kappa shape index (κ1) is 9.64. The fourth-order valence-electron chi connectivity index (χ4n) is 1.15. The predicted molar refractivity (Wildman–Crippen MR) is 51.5 cm³/mol. The zero-order chi connectivity index (χ0) is 10.3. The minimum Gasteiger partial charge on any atom is -0.203 e. The molecule has 0 N–H and O–H groups in total. The van der Waals surface area contributed by atoms with Gasteiger partial charge in [-0.2, -0.15) is 0 Å². The normalized spacial score (nSPS) is 17.6. The summed E-state index contributed by atoms with van der Waals surface area (Å²) in [5.74, 6) is 0.207. The highest BCUT2D eigenvalue weighted by Crippen LogP contribution is 2.29. The average molecular weight is 215 g/mol. The van der Waals surface area contributed by atoms with Crippen molar-refractivity contribution in [2.45, 2.75) is 37.9 Å².